The van der Waals surface area contributed by atoms with Crippen LogP contribution in [0.1, 0.15) is 0 Å². The molecule has 7 heteroatoms. The Labute approximate surface area is 102 Å². The van der Waals surface area contributed by atoms with Crippen molar-refractivity contribution in [2.24, 2.45) is 0 Å². The Morgan fingerprint density at radius 1 is 1.20 bits per heavy atom. The van der Waals surface area contributed by atoms with E-state index >= 15 is 0 Å². The maximum Gasteiger partial charge on any atom is 0.369 e. The van der Waals surface area contributed by atoms with Crippen LogP contribution >= 0.6 is 82.2 Å². The molecular weight excluding hydrogens is 390 g/mol. The number of hydrogen-bond acceptors (Lipinski definition) is 1. The summed E-state index contributed by atoms with van der Waals surface area (Å²) in [5.74, 6) is 0. The molecule has 0 unspecified atom stereocenters. The molecule has 64 valence electrons. The van der Waals surface area contributed by atoms with Crippen LogP contribution < -0.4 is 0 Å². The molecular formula is C3H8BBr3Cl2S. The second-order valence-corrected chi connectivity index (χ2v) is 8.81. The molecule has 0 aliphatic carbocycles. The van der Waals surface area contributed by atoms with Gasteiger partial charge in [-0.2, -0.15) is 11.8 Å². The lowest BCUT2D eigenvalue weighted by Crippen LogP contribution is -1.60. The maximum atomic E-state index is 4.76. The van der Waals surface area contributed by atoms with E-state index in [-0.39, 0.29) is 8.52 Å². The largest absolute Gasteiger partial charge is 0.369 e. The fourth-order valence-electron chi connectivity index (χ4n) is 0. The van der Waals surface area contributed by atoms with Gasteiger partial charge in [-0.25, -0.2) is 0 Å². The van der Waals surface area contributed by atoms with Gasteiger partial charge in [-0.1, -0.05) is 0 Å². The fraction of sp³-hybridized carbons (Fsp3) is 1.00. The number of alkyl halides is 2. The van der Waals surface area contributed by atoms with Crippen molar-refractivity contribution in [3.05, 3.63) is 0 Å². The van der Waals surface area contributed by atoms with Crippen LogP contribution in [0.25, 0.3) is 0 Å². The molecule has 0 atom stereocenters. The van der Waals surface area contributed by atoms with Crippen LogP contribution in [0.5, 0.6) is 0 Å². The second kappa shape index (κ2) is 22.5. The quantitative estimate of drug-likeness (QED) is 0.427. The Hall–Kier alpha value is 2.43. The van der Waals surface area contributed by atoms with Crippen LogP contribution in [0.2, 0.25) is 0 Å². The van der Waals surface area contributed by atoms with E-state index in [1.807, 2.05) is 12.5 Å². The molecule has 0 aromatic rings. The summed E-state index contributed by atoms with van der Waals surface area (Å²) in [4.78, 5) is 0. The van der Waals surface area contributed by atoms with E-state index in [1.54, 1.807) is 11.8 Å². The zero-order chi connectivity index (χ0) is 8.99. The zero-order valence-electron chi connectivity index (χ0n) is 5.58. The molecule has 0 N–H and O–H groups in total. The summed E-state index contributed by atoms with van der Waals surface area (Å²) < 4.78 is 0.271. The average molecular weight is 398 g/mol. The summed E-state index contributed by atoms with van der Waals surface area (Å²) in [5, 5.41) is 0.194. The number of hydrogen-bond donors (Lipinski definition) is 0. The molecule has 0 aromatic heterocycles. The number of halogens is 5. The van der Waals surface area contributed by atoms with E-state index in [0.717, 1.165) is 0 Å². The van der Waals surface area contributed by atoms with Crippen molar-refractivity contribution < 1.29 is 0 Å². The van der Waals surface area contributed by atoms with Gasteiger partial charge in [0.05, 0.1) is 5.34 Å². The average Bonchev–Trinajstić information content (AvgIpc) is 1.65. The van der Waals surface area contributed by atoms with Crippen LogP contribution in [-0.4, -0.2) is 21.0 Å². The van der Waals surface area contributed by atoms with E-state index in [2.05, 4.69) is 47.3 Å². The van der Waals surface area contributed by atoms with Gasteiger partial charge in [0.15, 0.2) is 0 Å². The Bertz CT molecular complexity index is 38.2. The normalized spacial score (nSPS) is 6.30. The van der Waals surface area contributed by atoms with Gasteiger partial charge in [-0.05, 0) is 12.5 Å². The lowest BCUT2D eigenvalue weighted by Gasteiger charge is -1.63. The van der Waals surface area contributed by atoms with Gasteiger partial charge in [-0.3, -0.25) is 0 Å². The number of thioether (sulfide) groups is 1. The van der Waals surface area contributed by atoms with E-state index in [9.17, 15) is 0 Å². The Balaban J connectivity index is -0.0000000750. The van der Waals surface area contributed by atoms with Gasteiger partial charge in [0.2, 0.25) is 0 Å². The van der Waals surface area contributed by atoms with Gasteiger partial charge in [0.1, 0.15) is 0 Å². The highest BCUT2D eigenvalue weighted by Crippen LogP contribution is 2.07. The van der Waals surface area contributed by atoms with Crippen molar-refractivity contribution >= 4 is 85.4 Å². The molecule has 0 aromatic carbocycles. The van der Waals surface area contributed by atoms with Gasteiger partial charge in [0, 0.05) is 0 Å². The van der Waals surface area contributed by atoms with Gasteiger partial charge in [-0.15, -0.1) is 70.5 Å². The molecule has 10 heavy (non-hydrogen) atoms. The van der Waals surface area contributed by atoms with Gasteiger partial charge in [0.25, 0.3) is 0 Å². The second-order valence-electron chi connectivity index (χ2n) is 0.757. The molecule has 0 rings (SSSR count). The summed E-state index contributed by atoms with van der Waals surface area (Å²) in [5.41, 5.74) is 0. The summed E-state index contributed by atoms with van der Waals surface area (Å²) in [7, 11) is 0. The third-order valence-electron chi connectivity index (χ3n) is 0. The monoisotopic (exact) mass is 394 g/mol. The molecule has 0 saturated carbocycles. The lowest BCUT2D eigenvalue weighted by molar-refractivity contribution is 2.20. The molecule has 0 fully saturated rings. The topological polar surface area (TPSA) is 0 Å². The fourth-order valence-corrected chi connectivity index (χ4v) is 0. The minimum atomic E-state index is 0.194. The third kappa shape index (κ3) is 157. The first-order valence-corrected chi connectivity index (χ1v) is 7.45. The Kier molecular flexibility index (Phi) is 41.1. The summed E-state index contributed by atoms with van der Waals surface area (Å²) in [6, 6.07) is 0. The van der Waals surface area contributed by atoms with Crippen LogP contribution in [0.4, 0.5) is 0 Å². The zero-order valence-corrected chi connectivity index (χ0v) is 12.7. The van der Waals surface area contributed by atoms with Crippen molar-refractivity contribution in [3.63, 3.8) is 0 Å². The van der Waals surface area contributed by atoms with Crippen molar-refractivity contribution in [1.29, 1.82) is 0 Å². The first kappa shape index (κ1) is 18.3. The highest BCUT2D eigenvalue weighted by molar-refractivity contribution is 9.69. The minimum absolute atomic E-state index is 0.194. The summed E-state index contributed by atoms with van der Waals surface area (Å²) in [6.45, 7) is 0. The standard InChI is InChI=1S/C2H6S.CH2Cl2.BBr3/c1-3-2;2-1-3;2-1(3)4/h1-2H3;1H2;. The summed E-state index contributed by atoms with van der Waals surface area (Å²) >= 11 is 20.6. The van der Waals surface area contributed by atoms with Crippen molar-refractivity contribution in [2.45, 2.75) is 0 Å². The van der Waals surface area contributed by atoms with Crippen LogP contribution in [-0.2, 0) is 0 Å². The smallest absolute Gasteiger partial charge is 0.169 e. The Morgan fingerprint density at radius 3 is 1.20 bits per heavy atom. The third-order valence-corrected chi connectivity index (χ3v) is 0. The number of rotatable bonds is 0. The highest BCUT2D eigenvalue weighted by atomic mass is 79.9. The van der Waals surface area contributed by atoms with E-state index in [4.69, 9.17) is 23.2 Å². The Morgan fingerprint density at radius 2 is 1.20 bits per heavy atom. The van der Waals surface area contributed by atoms with Crippen LogP contribution in [0, 0.1) is 0 Å². The van der Waals surface area contributed by atoms with Crippen molar-refractivity contribution in [2.75, 3.05) is 17.9 Å². The molecule has 0 nitrogen and oxygen atoms in total. The first-order valence-electron chi connectivity index (χ1n) is 2.01. The summed E-state index contributed by atoms with van der Waals surface area (Å²) in [6.07, 6.45) is 4.08. The SMILES string of the molecule is BrB(Br)Br.CSC.ClCCl. The van der Waals surface area contributed by atoms with Gasteiger partial charge >= 0.3 is 3.18 Å². The predicted molar refractivity (Wildman–Crippen MR) is 68.5 cm³/mol. The molecule has 0 amide bonds. The predicted octanol–water partition coefficient (Wildman–Crippen LogP) is 4.56. The van der Waals surface area contributed by atoms with E-state index < -0.39 is 0 Å². The lowest BCUT2D eigenvalue weighted by atomic mass is 10.8. The van der Waals surface area contributed by atoms with Gasteiger partial charge < -0.3 is 0 Å². The first-order chi connectivity index (χ1) is 4.56. The molecule has 0 spiro atoms. The molecule has 0 aliphatic heterocycles. The molecule has 0 heterocycles. The van der Waals surface area contributed by atoms with E-state index in [0.29, 0.717) is 0 Å². The van der Waals surface area contributed by atoms with Crippen molar-refractivity contribution in [3.8, 4) is 0 Å². The minimum Gasteiger partial charge on any atom is -0.169 e. The maximum absolute atomic E-state index is 4.76. The molecule has 0 radical (unpaired) electrons. The van der Waals surface area contributed by atoms with Crippen molar-refractivity contribution in [1.82, 2.24) is 0 Å². The molecule has 0 aliphatic rings. The molecule has 0 bridgehead atoms. The van der Waals surface area contributed by atoms with Crippen LogP contribution in [0.3, 0.4) is 0 Å². The highest BCUT2D eigenvalue weighted by Gasteiger charge is 1.87. The molecule has 0 saturated heterocycles. The van der Waals surface area contributed by atoms with Crippen LogP contribution in [0.15, 0.2) is 0 Å². The van der Waals surface area contributed by atoms with E-state index in [1.165, 1.54) is 0 Å².